The zero-order chi connectivity index (χ0) is 16.6. The van der Waals surface area contributed by atoms with Crippen molar-refractivity contribution in [3.05, 3.63) is 42.0 Å². The predicted octanol–water partition coefficient (Wildman–Crippen LogP) is 2.72. The van der Waals surface area contributed by atoms with E-state index in [2.05, 4.69) is 34.1 Å². The Balaban J connectivity index is 2.03. The third-order valence-corrected chi connectivity index (χ3v) is 4.54. The molecule has 3 heterocycles. The highest BCUT2D eigenvalue weighted by atomic mass is 16.2. The average molecular weight is 311 g/mol. The van der Waals surface area contributed by atoms with Crippen molar-refractivity contribution in [1.82, 2.24) is 15.0 Å². The highest BCUT2D eigenvalue weighted by Crippen LogP contribution is 2.41. The van der Waals surface area contributed by atoms with Gasteiger partial charge in [-0.25, -0.2) is 9.97 Å². The standard InChI is InChI=1S/C17H21N5O/c1-10-5-8-19-17(20-10)21-16-11(2)12(3)22(13(4)23)15-6-7-18-9-14(15)16/h5-9,11-12,16H,1-4H3,(H,19,20,21)/t11-,12-,16?/m0/s1. The van der Waals surface area contributed by atoms with Crippen LogP contribution in [0.2, 0.25) is 0 Å². The summed E-state index contributed by atoms with van der Waals surface area (Å²) in [4.78, 5) is 26.9. The predicted molar refractivity (Wildman–Crippen MR) is 89.2 cm³/mol. The molecule has 3 rings (SSSR count). The van der Waals surface area contributed by atoms with Crippen LogP contribution >= 0.6 is 0 Å². The number of anilines is 2. The van der Waals surface area contributed by atoms with Crippen LogP contribution in [0.15, 0.2) is 30.7 Å². The lowest BCUT2D eigenvalue weighted by Crippen LogP contribution is -2.48. The van der Waals surface area contributed by atoms with Crippen LogP contribution in [0.4, 0.5) is 11.6 Å². The van der Waals surface area contributed by atoms with Crippen molar-refractivity contribution in [2.75, 3.05) is 10.2 Å². The van der Waals surface area contributed by atoms with Crippen LogP contribution < -0.4 is 10.2 Å². The quantitative estimate of drug-likeness (QED) is 0.923. The molecule has 1 unspecified atom stereocenters. The molecule has 1 amide bonds. The van der Waals surface area contributed by atoms with Crippen molar-refractivity contribution < 1.29 is 4.79 Å². The van der Waals surface area contributed by atoms with Gasteiger partial charge in [-0.2, -0.15) is 0 Å². The van der Waals surface area contributed by atoms with E-state index in [-0.39, 0.29) is 23.9 Å². The molecule has 0 saturated carbocycles. The summed E-state index contributed by atoms with van der Waals surface area (Å²) >= 11 is 0. The Labute approximate surface area is 136 Å². The van der Waals surface area contributed by atoms with E-state index < -0.39 is 0 Å². The van der Waals surface area contributed by atoms with Crippen LogP contribution in [0.1, 0.15) is 38.1 Å². The zero-order valence-corrected chi connectivity index (χ0v) is 13.8. The summed E-state index contributed by atoms with van der Waals surface area (Å²) in [6.45, 7) is 7.74. The highest BCUT2D eigenvalue weighted by molar-refractivity contribution is 5.93. The van der Waals surface area contributed by atoms with E-state index in [1.165, 1.54) is 0 Å². The highest BCUT2D eigenvalue weighted by Gasteiger charge is 2.38. The number of carbonyl (C=O) groups is 1. The summed E-state index contributed by atoms with van der Waals surface area (Å²) in [6, 6.07) is 3.84. The number of pyridine rings is 1. The molecular formula is C17H21N5O. The lowest BCUT2D eigenvalue weighted by Gasteiger charge is -2.43. The smallest absolute Gasteiger partial charge is 0.224 e. The molecule has 0 aromatic carbocycles. The summed E-state index contributed by atoms with van der Waals surface area (Å²) in [5, 5.41) is 3.42. The van der Waals surface area contributed by atoms with Gasteiger partial charge in [0.2, 0.25) is 11.9 Å². The second-order valence-electron chi connectivity index (χ2n) is 6.07. The first-order valence-corrected chi connectivity index (χ1v) is 7.79. The number of hydrogen-bond donors (Lipinski definition) is 1. The summed E-state index contributed by atoms with van der Waals surface area (Å²) in [7, 11) is 0. The molecule has 0 radical (unpaired) electrons. The van der Waals surface area contributed by atoms with Crippen molar-refractivity contribution in [3.8, 4) is 0 Å². The van der Waals surface area contributed by atoms with Gasteiger partial charge in [-0.05, 0) is 26.0 Å². The Kier molecular flexibility index (Phi) is 3.98. The van der Waals surface area contributed by atoms with E-state index in [0.29, 0.717) is 5.95 Å². The minimum absolute atomic E-state index is 0.00565. The van der Waals surface area contributed by atoms with Crippen molar-refractivity contribution in [3.63, 3.8) is 0 Å². The lowest BCUT2D eigenvalue weighted by molar-refractivity contribution is -0.117. The minimum atomic E-state index is 0.00565. The van der Waals surface area contributed by atoms with E-state index in [9.17, 15) is 4.79 Å². The maximum atomic E-state index is 12.1. The van der Waals surface area contributed by atoms with E-state index in [0.717, 1.165) is 16.9 Å². The molecule has 0 aliphatic carbocycles. The molecule has 0 bridgehead atoms. The molecule has 6 nitrogen and oxygen atoms in total. The number of carbonyl (C=O) groups excluding carboxylic acids is 1. The Morgan fingerprint density at radius 1 is 1.26 bits per heavy atom. The fourth-order valence-corrected chi connectivity index (χ4v) is 3.20. The number of nitrogens with zero attached hydrogens (tertiary/aromatic N) is 4. The number of aromatic nitrogens is 3. The van der Waals surface area contributed by atoms with Gasteiger partial charge in [0, 0.05) is 48.7 Å². The van der Waals surface area contributed by atoms with Crippen LogP contribution in [-0.2, 0) is 4.79 Å². The second kappa shape index (κ2) is 5.95. The number of rotatable bonds is 2. The van der Waals surface area contributed by atoms with Gasteiger partial charge in [0.15, 0.2) is 0 Å². The first-order chi connectivity index (χ1) is 11.0. The Morgan fingerprint density at radius 3 is 2.74 bits per heavy atom. The van der Waals surface area contributed by atoms with E-state index in [4.69, 9.17) is 0 Å². The van der Waals surface area contributed by atoms with Gasteiger partial charge in [-0.3, -0.25) is 9.78 Å². The number of fused-ring (bicyclic) bond motifs is 1. The summed E-state index contributed by atoms with van der Waals surface area (Å²) in [5.41, 5.74) is 2.82. The summed E-state index contributed by atoms with van der Waals surface area (Å²) < 4.78 is 0. The molecule has 1 aliphatic heterocycles. The molecule has 0 saturated heterocycles. The monoisotopic (exact) mass is 311 g/mol. The lowest BCUT2D eigenvalue weighted by atomic mass is 9.83. The number of aryl methyl sites for hydroxylation is 1. The maximum Gasteiger partial charge on any atom is 0.224 e. The topological polar surface area (TPSA) is 71.0 Å². The van der Waals surface area contributed by atoms with Crippen molar-refractivity contribution in [2.45, 2.75) is 39.8 Å². The third kappa shape index (κ3) is 2.76. The van der Waals surface area contributed by atoms with Gasteiger partial charge in [0.25, 0.3) is 0 Å². The second-order valence-corrected chi connectivity index (χ2v) is 6.07. The molecule has 6 heteroatoms. The Hall–Kier alpha value is -2.50. The number of hydrogen-bond acceptors (Lipinski definition) is 5. The van der Waals surface area contributed by atoms with Crippen molar-refractivity contribution in [1.29, 1.82) is 0 Å². The minimum Gasteiger partial charge on any atom is -0.347 e. The molecule has 120 valence electrons. The van der Waals surface area contributed by atoms with Crippen LogP contribution in [0, 0.1) is 12.8 Å². The van der Waals surface area contributed by atoms with Gasteiger partial charge in [-0.15, -0.1) is 0 Å². The Morgan fingerprint density at radius 2 is 2.04 bits per heavy atom. The maximum absolute atomic E-state index is 12.1. The van der Waals surface area contributed by atoms with Gasteiger partial charge in [-0.1, -0.05) is 6.92 Å². The molecule has 2 aromatic heterocycles. The molecular weight excluding hydrogens is 290 g/mol. The van der Waals surface area contributed by atoms with E-state index >= 15 is 0 Å². The van der Waals surface area contributed by atoms with Crippen LogP contribution in [0.3, 0.4) is 0 Å². The van der Waals surface area contributed by atoms with Crippen molar-refractivity contribution in [2.24, 2.45) is 5.92 Å². The first-order valence-electron chi connectivity index (χ1n) is 7.79. The third-order valence-electron chi connectivity index (χ3n) is 4.54. The number of amides is 1. The fraction of sp³-hybridized carbons (Fsp3) is 0.412. The SMILES string of the molecule is CC(=O)N1c2ccncc2C(Nc2nccc(C)n2)[C@@H](C)[C@@H]1C. The molecule has 23 heavy (non-hydrogen) atoms. The van der Waals surface area contributed by atoms with Gasteiger partial charge >= 0.3 is 0 Å². The van der Waals surface area contributed by atoms with Gasteiger partial charge in [0.1, 0.15) is 0 Å². The molecule has 1 N–H and O–H groups in total. The van der Waals surface area contributed by atoms with Crippen LogP contribution in [0.25, 0.3) is 0 Å². The molecule has 0 fully saturated rings. The number of nitrogens with one attached hydrogen (secondary N) is 1. The first kappa shape index (κ1) is 15.4. The molecule has 0 spiro atoms. The van der Waals surface area contributed by atoms with Crippen LogP contribution in [0.5, 0.6) is 0 Å². The summed E-state index contributed by atoms with van der Waals surface area (Å²) in [6.07, 6.45) is 5.28. The van der Waals surface area contributed by atoms with Crippen LogP contribution in [-0.4, -0.2) is 26.9 Å². The zero-order valence-electron chi connectivity index (χ0n) is 13.8. The molecule has 1 aliphatic rings. The van der Waals surface area contributed by atoms with Crippen molar-refractivity contribution >= 4 is 17.5 Å². The summed E-state index contributed by atoms with van der Waals surface area (Å²) in [5.74, 6) is 0.835. The van der Waals surface area contributed by atoms with Gasteiger partial charge < -0.3 is 10.2 Å². The Bertz CT molecular complexity index is 732. The fourth-order valence-electron chi connectivity index (χ4n) is 3.20. The van der Waals surface area contributed by atoms with E-state index in [1.807, 2.05) is 30.2 Å². The average Bonchev–Trinajstić information content (AvgIpc) is 2.51. The molecule has 3 atom stereocenters. The largest absolute Gasteiger partial charge is 0.347 e. The van der Waals surface area contributed by atoms with Gasteiger partial charge in [0.05, 0.1) is 11.7 Å². The normalized spacial score (nSPS) is 23.3. The molecule has 2 aromatic rings. The van der Waals surface area contributed by atoms with E-state index in [1.54, 1.807) is 19.3 Å².